The Balaban J connectivity index is 1.10. The van der Waals surface area contributed by atoms with Crippen molar-refractivity contribution in [1.82, 2.24) is 0 Å². The molecule has 0 aromatic carbocycles. The third-order valence-electron chi connectivity index (χ3n) is 22.2. The molecule has 482 valence electrons. The summed E-state index contributed by atoms with van der Waals surface area (Å²) in [5.41, 5.74) is -3.86. The van der Waals surface area contributed by atoms with Crippen LogP contribution in [0.1, 0.15) is 128 Å². The van der Waals surface area contributed by atoms with Crippen LogP contribution in [0.15, 0.2) is 34.9 Å². The van der Waals surface area contributed by atoms with Gasteiger partial charge < -0.3 is 98.4 Å². The topological polar surface area (TPSA) is 363 Å². The van der Waals surface area contributed by atoms with Crippen molar-refractivity contribution in [1.29, 1.82) is 0 Å². The Bertz CT molecular complexity index is 2550. The van der Waals surface area contributed by atoms with E-state index in [2.05, 4.69) is 26.8 Å². The number of aliphatic hydroxyl groups excluding tert-OH is 10. The van der Waals surface area contributed by atoms with Gasteiger partial charge in [0.15, 0.2) is 37.2 Å². The van der Waals surface area contributed by atoms with Gasteiger partial charge in [0.1, 0.15) is 61.0 Å². The molecule has 0 unspecified atom stereocenters. The van der Waals surface area contributed by atoms with Gasteiger partial charge in [0, 0.05) is 23.5 Å². The van der Waals surface area contributed by atoms with Crippen LogP contribution in [0.3, 0.4) is 0 Å². The fourth-order valence-electron chi connectivity index (χ4n) is 16.8. The summed E-state index contributed by atoms with van der Waals surface area (Å²) in [5.74, 6) is -4.17. The molecule has 24 heteroatoms. The van der Waals surface area contributed by atoms with E-state index < -0.39 is 192 Å². The molecular formula is C61H94O24. The summed E-state index contributed by atoms with van der Waals surface area (Å²) in [5, 5.41) is 114. The van der Waals surface area contributed by atoms with Crippen molar-refractivity contribution in [2.75, 3.05) is 26.9 Å². The second-order valence-electron chi connectivity index (χ2n) is 27.1. The third-order valence-corrected chi connectivity index (χ3v) is 22.2. The van der Waals surface area contributed by atoms with E-state index in [1.165, 1.54) is 19.9 Å². The maximum atomic E-state index is 13.4. The number of rotatable bonds is 15. The number of carbonyl (C=O) groups is 4. The van der Waals surface area contributed by atoms with Gasteiger partial charge in [-0.25, -0.2) is 14.4 Å². The van der Waals surface area contributed by atoms with Crippen molar-refractivity contribution >= 4 is 23.9 Å². The lowest BCUT2D eigenvalue weighted by molar-refractivity contribution is -0.376. The van der Waals surface area contributed by atoms with E-state index in [4.69, 9.17) is 47.4 Å². The zero-order chi connectivity index (χ0) is 63.0. The minimum Gasteiger partial charge on any atom is -0.467 e. The molecule has 0 radical (unpaired) electrons. The van der Waals surface area contributed by atoms with E-state index in [0.29, 0.717) is 38.5 Å². The first-order valence-electron chi connectivity index (χ1n) is 29.9. The maximum absolute atomic E-state index is 13.4. The molecule has 0 aromatic heterocycles. The number of aliphatic hydroxyl groups is 10. The highest BCUT2D eigenvalue weighted by Crippen LogP contribution is 2.76. The number of ether oxygens (including phenoxy) is 10. The predicted molar refractivity (Wildman–Crippen MR) is 295 cm³/mol. The summed E-state index contributed by atoms with van der Waals surface area (Å²) in [6.07, 6.45) is -21.3. The van der Waals surface area contributed by atoms with Crippen molar-refractivity contribution in [3.63, 3.8) is 0 Å². The smallest absolute Gasteiger partial charge is 0.337 e. The molecule has 3 heterocycles. The average Bonchev–Trinajstić information content (AvgIpc) is 1.18. The van der Waals surface area contributed by atoms with Crippen molar-refractivity contribution in [3.8, 4) is 0 Å². The highest BCUT2D eigenvalue weighted by atomic mass is 16.8. The minimum absolute atomic E-state index is 0.0745. The van der Waals surface area contributed by atoms with E-state index in [0.717, 1.165) is 12.7 Å². The van der Waals surface area contributed by atoms with Crippen LogP contribution in [-0.2, 0) is 66.5 Å². The second-order valence-corrected chi connectivity index (χ2v) is 27.1. The molecule has 3 aliphatic heterocycles. The molecule has 0 spiro atoms. The highest BCUT2D eigenvalue weighted by molar-refractivity contribution is 5.88. The third kappa shape index (κ3) is 11.2. The normalized spacial score (nSPS) is 48.0. The first kappa shape index (κ1) is 67.4. The lowest BCUT2D eigenvalue weighted by Crippen LogP contribution is -2.73. The predicted octanol–water partition coefficient (Wildman–Crippen LogP) is 1.31. The van der Waals surface area contributed by atoms with Crippen molar-refractivity contribution < 1.29 is 118 Å². The Hall–Kier alpha value is -3.54. The van der Waals surface area contributed by atoms with Gasteiger partial charge in [-0.05, 0) is 119 Å². The summed E-state index contributed by atoms with van der Waals surface area (Å²) >= 11 is 0. The summed E-state index contributed by atoms with van der Waals surface area (Å²) in [6, 6.07) is 0. The van der Waals surface area contributed by atoms with Crippen LogP contribution in [0, 0.1) is 50.2 Å². The van der Waals surface area contributed by atoms with E-state index in [1.54, 1.807) is 33.8 Å². The van der Waals surface area contributed by atoms with Crippen LogP contribution >= 0.6 is 0 Å². The number of allylic oxidation sites excluding steroid dienone is 4. The summed E-state index contributed by atoms with van der Waals surface area (Å²) < 4.78 is 60.4. The molecule has 24 nitrogen and oxygen atoms in total. The number of fused-ring (bicyclic) bond motifs is 7. The van der Waals surface area contributed by atoms with Crippen molar-refractivity contribution in [2.24, 2.45) is 50.2 Å². The molecule has 8 aliphatic rings. The van der Waals surface area contributed by atoms with E-state index in [1.807, 2.05) is 20.8 Å². The van der Waals surface area contributed by atoms with Crippen molar-refractivity contribution in [3.05, 3.63) is 34.9 Å². The quantitative estimate of drug-likeness (QED) is 0.0363. The Labute approximate surface area is 496 Å². The van der Waals surface area contributed by atoms with Crippen LogP contribution in [0.2, 0.25) is 0 Å². The number of carbonyl (C=O) groups excluding carboxylic acids is 4. The minimum atomic E-state index is -1.95. The van der Waals surface area contributed by atoms with Gasteiger partial charge >= 0.3 is 23.9 Å². The lowest BCUT2D eigenvalue weighted by atomic mass is 9.33. The lowest BCUT2D eigenvalue weighted by Gasteiger charge is -2.73. The number of hydrogen-bond acceptors (Lipinski definition) is 24. The molecule has 85 heavy (non-hydrogen) atoms. The van der Waals surface area contributed by atoms with Gasteiger partial charge in [-0.3, -0.25) is 4.79 Å². The first-order valence-corrected chi connectivity index (χ1v) is 29.9. The Morgan fingerprint density at radius 2 is 1.27 bits per heavy atom. The Kier molecular flexibility index (Phi) is 19.8. The van der Waals surface area contributed by atoms with Crippen LogP contribution in [0.4, 0.5) is 0 Å². The van der Waals surface area contributed by atoms with Gasteiger partial charge in [-0.2, -0.15) is 0 Å². The molecule has 8 rings (SSSR count). The summed E-state index contributed by atoms with van der Waals surface area (Å²) in [4.78, 5) is 52.9. The van der Waals surface area contributed by atoms with Crippen molar-refractivity contribution in [2.45, 2.75) is 245 Å². The number of esters is 4. The number of hydrogen-bond donors (Lipinski definition) is 10. The zero-order valence-corrected chi connectivity index (χ0v) is 51.2. The molecular weight excluding hydrogens is 1120 g/mol. The molecule has 0 amide bonds. The largest absolute Gasteiger partial charge is 0.467 e. The number of methoxy groups -OCH3 is 1. The highest BCUT2D eigenvalue weighted by Gasteiger charge is 2.74. The summed E-state index contributed by atoms with van der Waals surface area (Å²) in [6.45, 7) is 19.8. The van der Waals surface area contributed by atoms with E-state index >= 15 is 0 Å². The molecule has 0 aromatic rings. The van der Waals surface area contributed by atoms with Gasteiger partial charge in [0.25, 0.3) is 0 Å². The standard InChI is InChI=1S/C61H94O24/c1-14-27(3)50(73)81-44-29(5)77-54(43(72)45(44)82-51(74)28(4)15-2)85-48-49(78-30(6)65)61(26-64)32(22-56(48,7)8)31-16-17-35-57(9)20-19-37(58(10,25-63)34(57)18-21-59(35,11)60(31,12)23-36(61)66)80-55-47(41(70)40(69)46(83-55)52(75)76-13)84-53-42(71)39(68)38(67)33(24-62)79-53/h14-16,29,32-49,53-55,62-64,66-72H,17-26H2,1-13H3/b27-14-,28-15-/t29-,32+,33-,34-,35-,36-,37+,38-,39+,40+,41+,42-,43-,44+,45-,46+,47-,48+,49+,53+,54+,55-,57+,58-,59-,60-,61+/m1/s1. The van der Waals surface area contributed by atoms with Crippen LogP contribution in [0.25, 0.3) is 0 Å². The molecule has 0 bridgehead atoms. The monoisotopic (exact) mass is 1210 g/mol. The molecule has 27 atom stereocenters. The van der Waals surface area contributed by atoms with Crippen LogP contribution < -0.4 is 0 Å². The van der Waals surface area contributed by atoms with Gasteiger partial charge in [-0.1, -0.05) is 65.3 Å². The molecule has 3 saturated heterocycles. The Morgan fingerprint density at radius 3 is 1.85 bits per heavy atom. The first-order chi connectivity index (χ1) is 39.8. The van der Waals surface area contributed by atoms with Gasteiger partial charge in [-0.15, -0.1) is 0 Å². The zero-order valence-electron chi connectivity index (χ0n) is 51.2. The maximum Gasteiger partial charge on any atom is 0.337 e. The van der Waals surface area contributed by atoms with E-state index in [9.17, 15) is 70.2 Å². The second kappa shape index (κ2) is 25.0. The molecule has 7 fully saturated rings. The molecule has 10 N–H and O–H groups in total. The molecule has 5 aliphatic carbocycles. The van der Waals surface area contributed by atoms with Crippen LogP contribution in [0.5, 0.6) is 0 Å². The van der Waals surface area contributed by atoms with Gasteiger partial charge in [0.05, 0.1) is 50.7 Å². The molecule has 4 saturated carbocycles. The summed E-state index contributed by atoms with van der Waals surface area (Å²) in [7, 11) is 1.07. The van der Waals surface area contributed by atoms with Crippen LogP contribution in [-0.4, -0.2) is 218 Å². The SMILES string of the molecule is C/C=C(/C)C(=O)O[C@@H]1[C@@H](O)[C@H](O[C@H]2[C@H](OC(C)=O)[C@]3(CO)[C@H](O)C[C@]4(C)C(=CC[C@@H]5[C@@]6(C)CC[C@H](O[C@@H]7O[C@H](C(=O)OC)[C@@H](O)[C@H](O)[C@H]7O[C@@H]7O[C@H](CO)[C@@H](O)[C@H](O)[C@H]7O)[C@](C)(CO)[C@@H]6CC[C@]54C)[C@@H]3CC2(C)C)O[C@H](C)[C@@H]1OC(=O)/C(C)=C\C. The average molecular weight is 1210 g/mol. The fourth-order valence-corrected chi connectivity index (χ4v) is 16.8. The fraction of sp³-hybridized carbons (Fsp3) is 0.836. The van der Waals surface area contributed by atoms with E-state index in [-0.39, 0.29) is 36.0 Å². The Morgan fingerprint density at radius 1 is 0.647 bits per heavy atom. The van der Waals surface area contributed by atoms with Gasteiger partial charge in [0.2, 0.25) is 0 Å².